The van der Waals surface area contributed by atoms with Crippen LogP contribution in [0.3, 0.4) is 0 Å². The van der Waals surface area contributed by atoms with Gasteiger partial charge in [-0.2, -0.15) is 5.26 Å². The summed E-state index contributed by atoms with van der Waals surface area (Å²) in [6.45, 7) is 31.5. The summed E-state index contributed by atoms with van der Waals surface area (Å²) < 4.78 is 29.3. The molecule has 6 fully saturated rings. The molecule has 728 valence electrons. The van der Waals surface area contributed by atoms with Gasteiger partial charge in [-0.15, -0.1) is 5.10 Å². The van der Waals surface area contributed by atoms with Crippen LogP contribution in [-0.2, 0) is 42.3 Å². The van der Waals surface area contributed by atoms with Gasteiger partial charge in [0.25, 0.3) is 5.88 Å². The average Bonchev–Trinajstić information content (AvgIpc) is 1.69. The molecule has 38 nitrogen and oxygen atoms in total. The van der Waals surface area contributed by atoms with Gasteiger partial charge in [0.05, 0.1) is 110 Å². The molecule has 1 unspecified atom stereocenters. The number of aromatic nitrogens is 13. The van der Waals surface area contributed by atoms with E-state index in [1.54, 1.807) is 92.6 Å². The molecule has 1 atom stereocenters. The Morgan fingerprint density at radius 1 is 0.504 bits per heavy atom. The highest BCUT2D eigenvalue weighted by molar-refractivity contribution is 6.32. The average molecular weight is 1910 g/mol. The van der Waals surface area contributed by atoms with Crippen LogP contribution in [0.4, 0.5) is 46.2 Å². The van der Waals surface area contributed by atoms with Gasteiger partial charge in [0.15, 0.2) is 16.9 Å². The minimum Gasteiger partial charge on any atom is -0.471 e. The Morgan fingerprint density at radius 3 is 1.31 bits per heavy atom. The summed E-state index contributed by atoms with van der Waals surface area (Å²) in [4.78, 5) is 95.8. The van der Waals surface area contributed by atoms with Gasteiger partial charge in [-0.25, -0.2) is 74.7 Å². The predicted octanol–water partition coefficient (Wildman–Crippen LogP) is 13.2. The number of aromatic amines is 1. The number of carbonyl (C=O) groups is 1. The summed E-state index contributed by atoms with van der Waals surface area (Å²) in [6, 6.07) is 21.3. The van der Waals surface area contributed by atoms with E-state index in [0.29, 0.717) is 146 Å². The second-order valence-electron chi connectivity index (χ2n) is 36.3. The lowest BCUT2D eigenvalue weighted by molar-refractivity contribution is -0.131. The molecule has 0 saturated carbocycles. The summed E-state index contributed by atoms with van der Waals surface area (Å²) >= 11 is 12.3. The molecule has 0 spiro atoms. The maximum atomic E-state index is 11.6. The third-order valence-electron chi connectivity index (χ3n) is 25.0. The zero-order chi connectivity index (χ0) is 92.6. The first-order valence-corrected chi connectivity index (χ1v) is 45.1. The van der Waals surface area contributed by atoms with Crippen LogP contribution < -0.4 is 83.6 Å². The molecule has 0 bridgehead atoms. The van der Waals surface area contributed by atoms with Crippen molar-refractivity contribution in [1.82, 2.24) is 69.9 Å². The number of carbonyl (C=O) groups excluding carboxylic acids is 1. The number of likely N-dealkylation sites (tertiary alicyclic amines) is 1. The van der Waals surface area contributed by atoms with Gasteiger partial charge in [0, 0.05) is 142 Å². The molecule has 40 heteroatoms. The number of halogens is 2. The first-order chi connectivity index (χ1) is 63.3. The van der Waals surface area contributed by atoms with Crippen molar-refractivity contribution in [1.29, 1.82) is 5.26 Å². The molecule has 6 saturated heterocycles. The molecule has 1 amide bonds. The maximum Gasteiger partial charge on any atom is 0.261 e. The highest BCUT2D eigenvalue weighted by Crippen LogP contribution is 2.37. The molecule has 10 aliphatic rings. The number of nitriles is 1. The topological polar surface area (TPSA) is 513 Å². The zero-order valence-electron chi connectivity index (χ0n) is 75.0. The third kappa shape index (κ3) is 25.7. The smallest absolute Gasteiger partial charge is 0.261 e. The fourth-order valence-corrected chi connectivity index (χ4v) is 16.7. The molecule has 0 aliphatic carbocycles. The highest BCUT2D eigenvalue weighted by Gasteiger charge is 2.36. The molecular formula is C97H130Cl2N32O6. The third-order valence-corrected chi connectivity index (χ3v) is 25.6. The van der Waals surface area contributed by atoms with Gasteiger partial charge >= 0.3 is 0 Å². The Kier molecular flexibility index (Phi) is 34.0. The summed E-state index contributed by atoms with van der Waals surface area (Å²) in [6.07, 6.45) is 23.1. The van der Waals surface area contributed by atoms with Gasteiger partial charge in [0.1, 0.15) is 81.1 Å². The number of aliphatic imine (C=N–C) groups is 4. The fraction of sp³-hybridized carbons (Fsp3) is 0.474. The van der Waals surface area contributed by atoms with Crippen LogP contribution >= 0.6 is 23.2 Å². The second-order valence-corrected chi connectivity index (χ2v) is 37.1. The van der Waals surface area contributed by atoms with Crippen molar-refractivity contribution in [3.8, 4) is 29.2 Å². The van der Waals surface area contributed by atoms with Crippen molar-refractivity contribution in [2.24, 2.45) is 48.6 Å². The van der Waals surface area contributed by atoms with Gasteiger partial charge in [-0.3, -0.25) is 14.9 Å². The number of amides is 1. The quantitative estimate of drug-likeness (QED) is 0.0416. The highest BCUT2D eigenvalue weighted by atomic mass is 35.5. The zero-order valence-corrected chi connectivity index (χ0v) is 76.5. The molecule has 137 heavy (non-hydrogen) atoms. The largest absolute Gasteiger partial charge is 0.471 e. The van der Waals surface area contributed by atoms with Crippen molar-refractivity contribution < 1.29 is 28.5 Å². The Hall–Kier alpha value is -13.2. The first-order valence-electron chi connectivity index (χ1n) is 44.4. The summed E-state index contributed by atoms with van der Waals surface area (Å²) in [5.74, 6) is 7.96. The van der Waals surface area contributed by atoms with Crippen LogP contribution in [-0.4, -0.2) is 212 Å². The number of fused-ring (bicyclic) bond motifs is 5. The summed E-state index contributed by atoms with van der Waals surface area (Å²) in [5, 5.41) is 17.2. The number of H-pyrrole nitrogens is 1. The van der Waals surface area contributed by atoms with Crippen LogP contribution in [0, 0.1) is 17.9 Å². The minimum absolute atomic E-state index is 0. The number of piperidine rings is 6. The minimum atomic E-state index is -0.107. The molecule has 15 N–H and O–H groups in total. The number of nitrogens with two attached hydrogens (primary N) is 7. The lowest BCUT2D eigenvalue weighted by Gasteiger charge is -2.37. The molecule has 10 aromatic rings. The predicted molar refractivity (Wildman–Crippen MR) is 541 cm³/mol. The Bertz CT molecular complexity index is 6100. The van der Waals surface area contributed by atoms with E-state index >= 15 is 0 Å². The van der Waals surface area contributed by atoms with Crippen LogP contribution in [0.2, 0.25) is 10.0 Å². The standard InChI is InChI=1S/C20H22N6O.C19H21N7O.C18H21ClN6O.C18H27N7O2.C17H19ClN6O.5CH4/c1-20(22)6-8-26(9-7-20)17-12-23-18-16(25-17)11-24-19(18)27-13-15-5-3-2-4-14(15)10-21;1-19(21)5-7-26(8-6-19)16-11-23-17-14(25-16)10-24-18(17)27-15-4-3-12(20)9-13(15)22-2;1-18(21)4-6-25(7-5-18)15-10-22-16-13(24-15)9-23-17(16)26-14-3-2-11(20)8-12(14)19;1-12(26)25-7-3-4-13(11-25)27-17-15-16(22-23-17)21-14(10-20-15)24-8-5-18(2,19)6-9-24;1-17(19)3-6-24(7-4-17)14-10-21-15-12(23-14)9-22-16(15)25-13-2-5-20-8-11(13)18;;;;;/h2-5,12H,6-9,11,13,22H2,1H3;3-4,9,11H,5-8,10,20-21H2,1H3;2-3,8,10H,4-7,9,20-21H2,1H3;10,13H,3-9,11,19H2,1-2H3,(H,21,22,23);2,5,8,10H,3-4,6-7,9,19H2,1H3;5*1H4. The normalized spacial score (nSPS) is 18.4. The number of nitrogens with zero attached hydrogens (tertiary/aromatic N) is 24. The number of hydrogen-bond donors (Lipinski definition) is 8. The number of anilines is 7. The van der Waals surface area contributed by atoms with E-state index in [1.807, 2.05) is 23.1 Å². The lowest BCUT2D eigenvalue weighted by Crippen LogP contribution is -2.48. The van der Waals surface area contributed by atoms with E-state index in [0.717, 1.165) is 206 Å². The van der Waals surface area contributed by atoms with Crippen molar-refractivity contribution >= 4 is 110 Å². The number of nitrogens with one attached hydrogen (secondary N) is 1. The first kappa shape index (κ1) is 104. The van der Waals surface area contributed by atoms with Crippen LogP contribution in [0.5, 0.6) is 23.1 Å². The Morgan fingerprint density at radius 2 is 0.891 bits per heavy atom. The van der Waals surface area contributed by atoms with E-state index < -0.39 is 0 Å². The SMILES string of the molecule is C.C.C.C.C.CC(=O)N1CCCC(Oc2n[nH]c3nc(N4CCC(C)(N)CC4)cnc23)C1.CC1(N)CCN(c2cnc3c(n2)CN=C3OCc2ccccc2C#N)CC1.CC1(N)CCN(c2cnc3c(n2)CN=C3Oc2ccc(N)cc2Cl)CC1.CC1(N)CCN(c2cnc3c(n2)CN=C3Oc2ccncc2Cl)CC1.[C-]#[N+]c1cc(N)ccc1OC1=NCc2nc(N3CCC(C)(N)CC3)cnc21. The molecular weight excluding hydrogens is 1780 g/mol. The van der Waals surface area contributed by atoms with Crippen molar-refractivity contribution in [3.05, 3.63) is 188 Å². The van der Waals surface area contributed by atoms with Crippen molar-refractivity contribution in [2.45, 2.75) is 222 Å². The van der Waals surface area contributed by atoms with E-state index in [4.69, 9.17) is 114 Å². The summed E-state index contributed by atoms with van der Waals surface area (Å²) in [5.41, 5.74) is 52.0. The fourth-order valence-electron chi connectivity index (χ4n) is 16.4. The van der Waals surface area contributed by atoms with E-state index in [2.05, 4.69) is 135 Å². The molecule has 10 aliphatic heterocycles. The maximum absolute atomic E-state index is 11.6. The number of ether oxygens (including phenoxy) is 5. The molecule has 3 aromatic carbocycles. The molecule has 7 aromatic heterocycles. The Labute approximate surface area is 812 Å². The Balaban J connectivity index is 0.000000163. The van der Waals surface area contributed by atoms with Gasteiger partial charge < -0.3 is 93.2 Å². The van der Waals surface area contributed by atoms with Crippen LogP contribution in [0.1, 0.15) is 212 Å². The van der Waals surface area contributed by atoms with Crippen LogP contribution in [0.15, 0.2) is 130 Å². The van der Waals surface area contributed by atoms with Gasteiger partial charge in [0.2, 0.25) is 35.2 Å². The molecule has 17 heterocycles. The summed E-state index contributed by atoms with van der Waals surface area (Å²) in [7, 11) is 0. The van der Waals surface area contributed by atoms with E-state index in [9.17, 15) is 10.1 Å². The van der Waals surface area contributed by atoms with Gasteiger partial charge in [-0.1, -0.05) is 78.5 Å². The van der Waals surface area contributed by atoms with Crippen molar-refractivity contribution in [2.75, 3.05) is 115 Å². The number of nitrogen functional groups attached to an aromatic ring is 2. The van der Waals surface area contributed by atoms with E-state index in [-0.39, 0.29) is 83.4 Å². The number of pyridine rings is 1. The monoisotopic (exact) mass is 1910 g/mol. The second kappa shape index (κ2) is 44.7. The molecule has 20 rings (SSSR count). The number of hydrogen-bond acceptors (Lipinski definition) is 35. The van der Waals surface area contributed by atoms with Crippen molar-refractivity contribution in [3.63, 3.8) is 0 Å². The van der Waals surface area contributed by atoms with E-state index in [1.165, 1.54) is 6.20 Å². The number of rotatable bonds is 12. The van der Waals surface area contributed by atoms with Gasteiger partial charge in [-0.05, 0) is 154 Å². The lowest BCUT2D eigenvalue weighted by atomic mass is 9.91. The molecule has 0 radical (unpaired) electrons. The number of benzene rings is 3. The van der Waals surface area contributed by atoms with Crippen LogP contribution in [0.25, 0.3) is 16.0 Å².